The molecule has 0 saturated heterocycles. The van der Waals surface area contributed by atoms with Gasteiger partial charge in [0.2, 0.25) is 0 Å². The first-order chi connectivity index (χ1) is 8.21. The lowest BCUT2D eigenvalue weighted by molar-refractivity contribution is -0.151. The summed E-state index contributed by atoms with van der Waals surface area (Å²) in [6.45, 7) is 4.06. The van der Waals surface area contributed by atoms with Crippen molar-refractivity contribution in [2.24, 2.45) is 0 Å². The first-order valence-electron chi connectivity index (χ1n) is 5.69. The van der Waals surface area contributed by atoms with Crippen molar-refractivity contribution >= 4 is 21.9 Å². The zero-order valence-corrected chi connectivity index (χ0v) is 11.7. The van der Waals surface area contributed by atoms with E-state index in [4.69, 9.17) is 9.47 Å². The molecule has 94 valence electrons. The quantitative estimate of drug-likeness (QED) is 0.597. The number of hydrogen-bond acceptors (Lipinski definition) is 3. The molecule has 1 aromatic rings. The topological polar surface area (TPSA) is 35.5 Å². The number of carbonyl (C=O) groups excluding carboxylic acids is 1. The molecule has 17 heavy (non-hydrogen) atoms. The van der Waals surface area contributed by atoms with Gasteiger partial charge in [-0.25, -0.2) is 4.79 Å². The van der Waals surface area contributed by atoms with Crippen LogP contribution in [-0.4, -0.2) is 18.7 Å². The van der Waals surface area contributed by atoms with Crippen LogP contribution in [0.25, 0.3) is 0 Å². The molecular formula is C13H17BrO3. The molecule has 0 bridgehead atoms. The predicted octanol–water partition coefficient (Wildman–Crippen LogP) is 3.30. The zero-order chi connectivity index (χ0) is 12.7. The fourth-order valence-electron chi connectivity index (χ4n) is 1.40. The minimum Gasteiger partial charge on any atom is -0.479 e. The normalized spacial score (nSPS) is 11.9. The molecule has 0 aromatic heterocycles. The first-order valence-corrected chi connectivity index (χ1v) is 6.81. The molecule has 1 aromatic carbocycles. The highest BCUT2D eigenvalue weighted by atomic mass is 79.9. The molecule has 1 rings (SSSR count). The van der Waals surface area contributed by atoms with E-state index in [1.54, 1.807) is 6.92 Å². The maximum atomic E-state index is 11.6. The van der Waals surface area contributed by atoms with E-state index in [9.17, 15) is 4.79 Å². The van der Waals surface area contributed by atoms with E-state index in [1.165, 1.54) is 0 Å². The number of benzene rings is 1. The van der Waals surface area contributed by atoms with Crippen molar-refractivity contribution in [2.45, 2.75) is 31.7 Å². The third-order valence-corrected chi connectivity index (χ3v) is 2.90. The Morgan fingerprint density at radius 1 is 1.41 bits per heavy atom. The van der Waals surface area contributed by atoms with E-state index < -0.39 is 6.10 Å². The molecular weight excluding hydrogens is 284 g/mol. The standard InChI is InChI=1S/C13H17BrO3/c1-3-12(13(15)16-4-2)17-11-7-5-6-10(8-11)9-14/h5-8,12H,3-4,9H2,1-2H3/t12-/m0/s1. The number of halogens is 1. The van der Waals surface area contributed by atoms with Crippen LogP contribution in [0.3, 0.4) is 0 Å². The number of hydrogen-bond donors (Lipinski definition) is 0. The van der Waals surface area contributed by atoms with Crippen LogP contribution in [0, 0.1) is 0 Å². The molecule has 0 heterocycles. The van der Waals surface area contributed by atoms with Crippen molar-refractivity contribution < 1.29 is 14.3 Å². The molecule has 0 spiro atoms. The van der Waals surface area contributed by atoms with Crippen molar-refractivity contribution in [3.63, 3.8) is 0 Å². The molecule has 0 radical (unpaired) electrons. The molecule has 0 aliphatic carbocycles. The average Bonchev–Trinajstić information content (AvgIpc) is 2.36. The number of esters is 1. The maximum absolute atomic E-state index is 11.6. The molecule has 0 fully saturated rings. The lowest BCUT2D eigenvalue weighted by Crippen LogP contribution is -2.28. The third kappa shape index (κ3) is 4.38. The van der Waals surface area contributed by atoms with Crippen molar-refractivity contribution in [1.29, 1.82) is 0 Å². The average molecular weight is 301 g/mol. The summed E-state index contributed by atoms with van der Waals surface area (Å²) in [6, 6.07) is 7.65. The van der Waals surface area contributed by atoms with Gasteiger partial charge in [0, 0.05) is 5.33 Å². The SMILES string of the molecule is CCOC(=O)[C@H](CC)Oc1cccc(CBr)c1. The first kappa shape index (κ1) is 14.0. The van der Waals surface area contributed by atoms with Crippen molar-refractivity contribution in [1.82, 2.24) is 0 Å². The van der Waals surface area contributed by atoms with Crippen LogP contribution >= 0.6 is 15.9 Å². The molecule has 0 saturated carbocycles. The van der Waals surface area contributed by atoms with Crippen molar-refractivity contribution in [3.05, 3.63) is 29.8 Å². The molecule has 0 aliphatic heterocycles. The van der Waals surface area contributed by atoms with Crippen LogP contribution in [0.4, 0.5) is 0 Å². The monoisotopic (exact) mass is 300 g/mol. The summed E-state index contributed by atoms with van der Waals surface area (Å²) in [4.78, 5) is 11.6. The van der Waals surface area contributed by atoms with Gasteiger partial charge in [-0.15, -0.1) is 0 Å². The fraction of sp³-hybridized carbons (Fsp3) is 0.462. The Balaban J connectivity index is 2.69. The fourth-order valence-corrected chi connectivity index (χ4v) is 1.75. The molecule has 0 N–H and O–H groups in total. The molecule has 3 nitrogen and oxygen atoms in total. The Hall–Kier alpha value is -1.03. The summed E-state index contributed by atoms with van der Waals surface area (Å²) in [6.07, 6.45) is 0.0673. The number of rotatable bonds is 6. The Bertz CT molecular complexity index is 365. The summed E-state index contributed by atoms with van der Waals surface area (Å²) in [7, 11) is 0. The lowest BCUT2D eigenvalue weighted by atomic mass is 10.2. The molecule has 1 atom stereocenters. The van der Waals surface area contributed by atoms with Gasteiger partial charge in [0.25, 0.3) is 0 Å². The summed E-state index contributed by atoms with van der Waals surface area (Å²) >= 11 is 3.38. The van der Waals surface area contributed by atoms with E-state index in [2.05, 4.69) is 15.9 Å². The number of ether oxygens (including phenoxy) is 2. The largest absolute Gasteiger partial charge is 0.479 e. The number of alkyl halides is 1. The highest BCUT2D eigenvalue weighted by molar-refractivity contribution is 9.08. The van der Waals surface area contributed by atoms with Crippen LogP contribution in [0.2, 0.25) is 0 Å². The third-order valence-electron chi connectivity index (χ3n) is 2.25. The second kappa shape index (κ2) is 7.33. The summed E-state index contributed by atoms with van der Waals surface area (Å²) in [5, 5.41) is 0.764. The van der Waals surface area contributed by atoms with E-state index in [-0.39, 0.29) is 5.97 Å². The minimum absolute atomic E-state index is 0.306. The van der Waals surface area contributed by atoms with Gasteiger partial charge in [-0.1, -0.05) is 35.0 Å². The van der Waals surface area contributed by atoms with Crippen LogP contribution < -0.4 is 4.74 Å². The van der Waals surface area contributed by atoms with Crippen molar-refractivity contribution in [2.75, 3.05) is 6.61 Å². The van der Waals surface area contributed by atoms with Crippen LogP contribution in [0.1, 0.15) is 25.8 Å². The lowest BCUT2D eigenvalue weighted by Gasteiger charge is -2.16. The van der Waals surface area contributed by atoms with E-state index in [0.717, 1.165) is 10.9 Å². The van der Waals surface area contributed by atoms with Crippen LogP contribution in [-0.2, 0) is 14.9 Å². The van der Waals surface area contributed by atoms with E-state index in [0.29, 0.717) is 18.8 Å². The number of carbonyl (C=O) groups is 1. The highest BCUT2D eigenvalue weighted by Crippen LogP contribution is 2.18. The molecule has 0 unspecified atom stereocenters. The van der Waals surface area contributed by atoms with Gasteiger partial charge < -0.3 is 9.47 Å². The smallest absolute Gasteiger partial charge is 0.347 e. The second-order valence-electron chi connectivity index (χ2n) is 3.55. The summed E-state index contributed by atoms with van der Waals surface area (Å²) in [5.41, 5.74) is 1.11. The predicted molar refractivity (Wildman–Crippen MR) is 70.4 cm³/mol. The van der Waals surface area contributed by atoms with E-state index in [1.807, 2.05) is 31.2 Å². The van der Waals surface area contributed by atoms with Gasteiger partial charge in [0.15, 0.2) is 6.10 Å². The van der Waals surface area contributed by atoms with Crippen LogP contribution in [0.5, 0.6) is 5.75 Å². The van der Waals surface area contributed by atoms with Gasteiger partial charge in [-0.05, 0) is 31.0 Å². The Morgan fingerprint density at radius 3 is 2.76 bits per heavy atom. The molecule has 4 heteroatoms. The zero-order valence-electron chi connectivity index (χ0n) is 10.1. The molecule has 0 amide bonds. The van der Waals surface area contributed by atoms with Crippen LogP contribution in [0.15, 0.2) is 24.3 Å². The Kier molecular flexibility index (Phi) is 6.05. The molecule has 0 aliphatic rings. The van der Waals surface area contributed by atoms with Crippen molar-refractivity contribution in [3.8, 4) is 5.75 Å². The Morgan fingerprint density at radius 2 is 2.18 bits per heavy atom. The van der Waals surface area contributed by atoms with E-state index >= 15 is 0 Å². The summed E-state index contributed by atoms with van der Waals surface area (Å²) in [5.74, 6) is 0.390. The highest BCUT2D eigenvalue weighted by Gasteiger charge is 2.19. The second-order valence-corrected chi connectivity index (χ2v) is 4.11. The minimum atomic E-state index is -0.527. The maximum Gasteiger partial charge on any atom is 0.347 e. The van der Waals surface area contributed by atoms with Gasteiger partial charge in [-0.2, -0.15) is 0 Å². The Labute approximate surface area is 110 Å². The van der Waals surface area contributed by atoms with Gasteiger partial charge in [0.1, 0.15) is 5.75 Å². The van der Waals surface area contributed by atoms with Gasteiger partial charge in [-0.3, -0.25) is 0 Å². The van der Waals surface area contributed by atoms with Gasteiger partial charge >= 0.3 is 5.97 Å². The van der Waals surface area contributed by atoms with Gasteiger partial charge in [0.05, 0.1) is 6.61 Å². The summed E-state index contributed by atoms with van der Waals surface area (Å²) < 4.78 is 10.6.